The SMILES string of the molecule is COC(CN)CC(=O)Nc1ccccc1N(C)Cc1ccccc1. The summed E-state index contributed by atoms with van der Waals surface area (Å²) in [6.07, 6.45) is -0.0248. The Morgan fingerprint density at radius 2 is 1.83 bits per heavy atom. The van der Waals surface area contributed by atoms with E-state index >= 15 is 0 Å². The molecule has 0 spiro atoms. The molecule has 0 saturated heterocycles. The highest BCUT2D eigenvalue weighted by Crippen LogP contribution is 2.26. The van der Waals surface area contributed by atoms with Crippen LogP contribution in [0.2, 0.25) is 0 Å². The van der Waals surface area contributed by atoms with Crippen LogP contribution in [0.4, 0.5) is 11.4 Å². The Bertz CT molecular complexity index is 642. The van der Waals surface area contributed by atoms with E-state index in [-0.39, 0.29) is 18.4 Å². The van der Waals surface area contributed by atoms with E-state index in [4.69, 9.17) is 10.5 Å². The van der Waals surface area contributed by atoms with Gasteiger partial charge in [-0.1, -0.05) is 42.5 Å². The number of methoxy groups -OCH3 is 1. The molecular formula is C19H25N3O2. The zero-order chi connectivity index (χ0) is 17.4. The minimum Gasteiger partial charge on any atom is -0.380 e. The van der Waals surface area contributed by atoms with Crippen molar-refractivity contribution in [1.82, 2.24) is 0 Å². The van der Waals surface area contributed by atoms with Gasteiger partial charge in [0.05, 0.1) is 23.9 Å². The first-order valence-corrected chi connectivity index (χ1v) is 8.01. The van der Waals surface area contributed by atoms with Crippen molar-refractivity contribution in [2.45, 2.75) is 19.1 Å². The van der Waals surface area contributed by atoms with Crippen LogP contribution in [0.5, 0.6) is 0 Å². The van der Waals surface area contributed by atoms with E-state index in [0.717, 1.165) is 17.9 Å². The molecule has 2 rings (SSSR count). The van der Waals surface area contributed by atoms with Gasteiger partial charge in [-0.25, -0.2) is 0 Å². The van der Waals surface area contributed by atoms with Crippen LogP contribution < -0.4 is 16.0 Å². The third kappa shape index (κ3) is 5.08. The lowest BCUT2D eigenvalue weighted by molar-refractivity contribution is -0.118. The number of carbonyl (C=O) groups is 1. The number of amides is 1. The smallest absolute Gasteiger partial charge is 0.227 e. The van der Waals surface area contributed by atoms with Crippen LogP contribution in [0, 0.1) is 0 Å². The predicted molar refractivity (Wildman–Crippen MR) is 98.1 cm³/mol. The zero-order valence-corrected chi connectivity index (χ0v) is 14.2. The van der Waals surface area contributed by atoms with Crippen LogP contribution in [0.3, 0.4) is 0 Å². The number of nitrogens with zero attached hydrogens (tertiary/aromatic N) is 1. The molecule has 128 valence electrons. The summed E-state index contributed by atoms with van der Waals surface area (Å²) < 4.78 is 5.17. The van der Waals surface area contributed by atoms with Gasteiger partial charge in [-0.15, -0.1) is 0 Å². The highest BCUT2D eigenvalue weighted by atomic mass is 16.5. The van der Waals surface area contributed by atoms with Crippen molar-refractivity contribution in [1.29, 1.82) is 0 Å². The van der Waals surface area contributed by atoms with Gasteiger partial charge in [-0.2, -0.15) is 0 Å². The van der Waals surface area contributed by atoms with Crippen molar-refractivity contribution in [3.8, 4) is 0 Å². The molecular weight excluding hydrogens is 302 g/mol. The first kappa shape index (κ1) is 18.0. The maximum atomic E-state index is 12.2. The van der Waals surface area contributed by atoms with Crippen LogP contribution in [0.15, 0.2) is 54.6 Å². The zero-order valence-electron chi connectivity index (χ0n) is 14.2. The van der Waals surface area contributed by atoms with Gasteiger partial charge in [0.25, 0.3) is 0 Å². The van der Waals surface area contributed by atoms with Gasteiger partial charge >= 0.3 is 0 Å². The van der Waals surface area contributed by atoms with Gasteiger partial charge in [0.1, 0.15) is 0 Å². The second-order valence-electron chi connectivity index (χ2n) is 5.70. The van der Waals surface area contributed by atoms with Crippen molar-refractivity contribution in [2.24, 2.45) is 5.73 Å². The van der Waals surface area contributed by atoms with Crippen LogP contribution in [0.1, 0.15) is 12.0 Å². The first-order chi connectivity index (χ1) is 11.6. The van der Waals surface area contributed by atoms with Gasteiger partial charge in [0.2, 0.25) is 5.91 Å². The van der Waals surface area contributed by atoms with Gasteiger partial charge in [0.15, 0.2) is 0 Å². The van der Waals surface area contributed by atoms with Gasteiger partial charge in [0, 0.05) is 27.2 Å². The molecule has 2 aromatic carbocycles. The van der Waals surface area contributed by atoms with Gasteiger partial charge in [-0.05, 0) is 17.7 Å². The molecule has 0 aromatic heterocycles. The Kier molecular flexibility index (Phi) is 6.78. The summed E-state index contributed by atoms with van der Waals surface area (Å²) in [5.41, 5.74) is 8.54. The van der Waals surface area contributed by atoms with Crippen LogP contribution in [0.25, 0.3) is 0 Å². The molecule has 0 aliphatic rings. The summed E-state index contributed by atoms with van der Waals surface area (Å²) in [5, 5.41) is 2.96. The van der Waals surface area contributed by atoms with Crippen LogP contribution in [-0.2, 0) is 16.1 Å². The van der Waals surface area contributed by atoms with E-state index in [1.54, 1.807) is 7.11 Å². The standard InChI is InChI=1S/C19H25N3O2/c1-22(14-15-8-4-3-5-9-15)18-11-7-6-10-17(18)21-19(23)12-16(13-20)24-2/h3-11,16H,12-14,20H2,1-2H3,(H,21,23). The number of hydrogen-bond acceptors (Lipinski definition) is 4. The van der Waals surface area contributed by atoms with Crippen molar-refractivity contribution in [2.75, 3.05) is 30.9 Å². The molecule has 24 heavy (non-hydrogen) atoms. The summed E-state index contributed by atoms with van der Waals surface area (Å²) in [6, 6.07) is 18.0. The summed E-state index contributed by atoms with van der Waals surface area (Å²) in [5.74, 6) is -0.104. The van der Waals surface area contributed by atoms with Crippen molar-refractivity contribution >= 4 is 17.3 Å². The minimum atomic E-state index is -0.265. The predicted octanol–water partition coefficient (Wildman–Crippen LogP) is 2.63. The third-order valence-corrected chi connectivity index (χ3v) is 3.86. The summed E-state index contributed by atoms with van der Waals surface area (Å²) in [4.78, 5) is 14.3. The Morgan fingerprint density at radius 1 is 1.17 bits per heavy atom. The lowest BCUT2D eigenvalue weighted by Crippen LogP contribution is -2.28. The maximum Gasteiger partial charge on any atom is 0.227 e. The van der Waals surface area contributed by atoms with E-state index in [2.05, 4.69) is 22.3 Å². The first-order valence-electron chi connectivity index (χ1n) is 8.01. The highest BCUT2D eigenvalue weighted by Gasteiger charge is 2.14. The quantitative estimate of drug-likeness (QED) is 0.782. The highest BCUT2D eigenvalue weighted by molar-refractivity contribution is 5.94. The van der Waals surface area contributed by atoms with E-state index in [9.17, 15) is 4.79 Å². The number of rotatable bonds is 8. The Labute approximate surface area is 143 Å². The number of para-hydroxylation sites is 2. The average molecular weight is 327 g/mol. The molecule has 1 atom stereocenters. The summed E-state index contributed by atoms with van der Waals surface area (Å²) >= 11 is 0. The fraction of sp³-hybridized carbons (Fsp3) is 0.316. The van der Waals surface area contributed by atoms with Crippen molar-refractivity contribution in [3.63, 3.8) is 0 Å². The normalized spacial score (nSPS) is 11.8. The summed E-state index contributed by atoms with van der Waals surface area (Å²) in [6.45, 7) is 1.08. The second kappa shape index (κ2) is 9.05. The topological polar surface area (TPSA) is 67.6 Å². The lowest BCUT2D eigenvalue weighted by atomic mass is 10.2. The van der Waals surface area contributed by atoms with Crippen molar-refractivity contribution in [3.05, 3.63) is 60.2 Å². The third-order valence-electron chi connectivity index (χ3n) is 3.86. The average Bonchev–Trinajstić information content (AvgIpc) is 2.61. The molecule has 0 bridgehead atoms. The largest absolute Gasteiger partial charge is 0.380 e. The fourth-order valence-electron chi connectivity index (χ4n) is 2.53. The molecule has 2 aromatic rings. The molecule has 0 heterocycles. The molecule has 3 N–H and O–H groups in total. The van der Waals surface area contributed by atoms with E-state index in [1.807, 2.05) is 49.5 Å². The molecule has 0 aliphatic carbocycles. The van der Waals surface area contributed by atoms with E-state index in [0.29, 0.717) is 6.54 Å². The minimum absolute atomic E-state index is 0.104. The fourth-order valence-corrected chi connectivity index (χ4v) is 2.53. The monoisotopic (exact) mass is 327 g/mol. The number of carbonyl (C=O) groups excluding carboxylic acids is 1. The molecule has 5 heteroatoms. The van der Waals surface area contributed by atoms with Crippen molar-refractivity contribution < 1.29 is 9.53 Å². The van der Waals surface area contributed by atoms with Gasteiger partial charge in [-0.3, -0.25) is 4.79 Å². The molecule has 0 fully saturated rings. The van der Waals surface area contributed by atoms with E-state index in [1.165, 1.54) is 5.56 Å². The molecule has 1 amide bonds. The number of benzene rings is 2. The van der Waals surface area contributed by atoms with Gasteiger partial charge < -0.3 is 20.7 Å². The molecule has 0 saturated carbocycles. The molecule has 0 radical (unpaired) electrons. The maximum absolute atomic E-state index is 12.2. The number of hydrogen-bond donors (Lipinski definition) is 2. The second-order valence-corrected chi connectivity index (χ2v) is 5.70. The molecule has 1 unspecified atom stereocenters. The number of nitrogens with two attached hydrogens (primary N) is 1. The Morgan fingerprint density at radius 3 is 2.50 bits per heavy atom. The summed E-state index contributed by atoms with van der Waals surface area (Å²) in [7, 11) is 3.57. The number of nitrogens with one attached hydrogen (secondary N) is 1. The Hall–Kier alpha value is -2.37. The molecule has 0 aliphatic heterocycles. The molecule has 5 nitrogen and oxygen atoms in total. The Balaban J connectivity index is 2.08. The number of ether oxygens (including phenoxy) is 1. The number of anilines is 2. The van der Waals surface area contributed by atoms with Crippen LogP contribution >= 0.6 is 0 Å². The van der Waals surface area contributed by atoms with E-state index < -0.39 is 0 Å². The lowest BCUT2D eigenvalue weighted by Gasteiger charge is -2.23. The van der Waals surface area contributed by atoms with Crippen LogP contribution in [-0.4, -0.2) is 32.7 Å².